The van der Waals surface area contributed by atoms with Crippen LogP contribution < -0.4 is 4.74 Å². The molecule has 1 saturated heterocycles. The molecule has 0 amide bonds. The van der Waals surface area contributed by atoms with Gasteiger partial charge in [0.25, 0.3) is 0 Å². The Balaban J connectivity index is 1.93. The molecule has 0 unspecified atom stereocenters. The number of carbonyl (C=O) groups is 4. The van der Waals surface area contributed by atoms with Crippen molar-refractivity contribution in [2.45, 2.75) is 103 Å². The molecule has 2 fully saturated rings. The minimum atomic E-state index is -2.61. The molecule has 0 radical (unpaired) electrons. The van der Waals surface area contributed by atoms with Crippen LogP contribution in [0.15, 0.2) is 36.4 Å². The maximum absolute atomic E-state index is 12.6. The summed E-state index contributed by atoms with van der Waals surface area (Å²) >= 11 is 0. The highest BCUT2D eigenvalue weighted by molar-refractivity contribution is 5.69. The highest BCUT2D eigenvalue weighted by atomic mass is 16.7. The Labute approximate surface area is 267 Å². The molecule has 246 valence electrons. The number of nitrogens with zero attached hydrogens (tertiary/aromatic N) is 1. The Bertz CT molecular complexity index is 1490. The van der Waals surface area contributed by atoms with Crippen molar-refractivity contribution < 1.29 is 52.7 Å². The quantitative estimate of drug-likeness (QED) is 0.282. The topological polar surface area (TPSA) is 168 Å². The monoisotopic (exact) mass is 637 g/mol. The van der Waals surface area contributed by atoms with Gasteiger partial charge in [0, 0.05) is 27.7 Å². The first-order valence-electron chi connectivity index (χ1n) is 15.2. The molecule has 2 aromatic rings. The molecule has 1 aliphatic heterocycles. The molecular formula is C34H39NO11. The van der Waals surface area contributed by atoms with Crippen molar-refractivity contribution >= 4 is 23.9 Å². The van der Waals surface area contributed by atoms with E-state index < -0.39 is 60.7 Å². The third-order valence-electron chi connectivity index (χ3n) is 7.94. The SMILES string of the molecule is CCc1ccc(Cc2cc([C@]3(O)O[C@H](COC(C)=O)[C@@H](OC(C)=O)[C@H](OC(C)=O)[C@H]3OC(C)=O)c(OC3CCC3)cc2C#N)cc1. The minimum Gasteiger partial charge on any atom is -0.490 e. The van der Waals surface area contributed by atoms with Gasteiger partial charge in [0.15, 0.2) is 12.2 Å². The van der Waals surface area contributed by atoms with Crippen molar-refractivity contribution in [3.8, 4) is 11.8 Å². The van der Waals surface area contributed by atoms with Crippen molar-refractivity contribution in [1.29, 1.82) is 5.26 Å². The number of rotatable bonds is 11. The molecule has 1 saturated carbocycles. The van der Waals surface area contributed by atoms with Gasteiger partial charge in [0.05, 0.1) is 23.3 Å². The van der Waals surface area contributed by atoms with E-state index in [4.69, 9.17) is 28.4 Å². The van der Waals surface area contributed by atoms with Crippen LogP contribution in [0.1, 0.15) is 81.7 Å². The molecule has 0 bridgehead atoms. The molecule has 12 nitrogen and oxygen atoms in total. The summed E-state index contributed by atoms with van der Waals surface area (Å²) in [5.74, 6) is -5.71. The molecule has 46 heavy (non-hydrogen) atoms. The second kappa shape index (κ2) is 14.7. The van der Waals surface area contributed by atoms with Crippen LogP contribution in [0.25, 0.3) is 0 Å². The van der Waals surface area contributed by atoms with Crippen LogP contribution in [0, 0.1) is 11.3 Å². The van der Waals surface area contributed by atoms with Crippen molar-refractivity contribution in [1.82, 2.24) is 0 Å². The standard InChI is InChI=1S/C34H39NO11/c1-6-23-10-12-24(13-11-23)14-25-15-28(29(16-26(25)17-35)45-27-8-7-9-27)34(40)33(44-22(5)39)32(43-21(4)38)31(42-20(3)37)30(46-34)18-41-19(2)36/h10-13,15-16,27,30-33,40H,6-9,14,18H2,1-5H3/t30-,31-,32+,33-,34+/m1/s1. The smallest absolute Gasteiger partial charge is 0.303 e. The van der Waals surface area contributed by atoms with E-state index in [9.17, 15) is 29.5 Å². The lowest BCUT2D eigenvalue weighted by Gasteiger charge is -2.49. The lowest BCUT2D eigenvalue weighted by molar-refractivity contribution is -0.360. The van der Waals surface area contributed by atoms with Gasteiger partial charge in [-0.25, -0.2) is 0 Å². The van der Waals surface area contributed by atoms with Gasteiger partial charge in [0.2, 0.25) is 11.9 Å². The average Bonchev–Trinajstić information content (AvgIpc) is 2.97. The average molecular weight is 638 g/mol. The van der Waals surface area contributed by atoms with Gasteiger partial charge in [-0.3, -0.25) is 19.2 Å². The minimum absolute atomic E-state index is 0.0175. The van der Waals surface area contributed by atoms with E-state index in [0.29, 0.717) is 5.56 Å². The summed E-state index contributed by atoms with van der Waals surface area (Å²) in [5, 5.41) is 22.7. The number of esters is 4. The summed E-state index contributed by atoms with van der Waals surface area (Å²) < 4.78 is 34.2. The summed E-state index contributed by atoms with van der Waals surface area (Å²) in [6, 6.07) is 13.1. The Morgan fingerprint density at radius 3 is 2.04 bits per heavy atom. The second-order valence-electron chi connectivity index (χ2n) is 11.5. The maximum Gasteiger partial charge on any atom is 0.303 e. The van der Waals surface area contributed by atoms with Gasteiger partial charge in [-0.05, 0) is 60.9 Å². The van der Waals surface area contributed by atoms with Gasteiger partial charge < -0.3 is 33.5 Å². The van der Waals surface area contributed by atoms with E-state index in [1.165, 1.54) is 12.1 Å². The number of aryl methyl sites for hydroxylation is 1. The number of ether oxygens (including phenoxy) is 6. The van der Waals surface area contributed by atoms with Crippen LogP contribution in [-0.4, -0.2) is 66.1 Å². The van der Waals surface area contributed by atoms with Gasteiger partial charge in [-0.2, -0.15) is 5.26 Å². The van der Waals surface area contributed by atoms with Crippen molar-refractivity contribution in [2.24, 2.45) is 0 Å². The number of hydrogen-bond donors (Lipinski definition) is 1. The van der Waals surface area contributed by atoms with Crippen LogP contribution in [0.4, 0.5) is 0 Å². The molecule has 1 aliphatic carbocycles. The number of carbonyl (C=O) groups excluding carboxylic acids is 4. The fourth-order valence-electron chi connectivity index (χ4n) is 5.53. The molecule has 5 atom stereocenters. The van der Waals surface area contributed by atoms with Crippen LogP contribution in [0.2, 0.25) is 0 Å². The van der Waals surface area contributed by atoms with E-state index >= 15 is 0 Å². The fourth-order valence-corrected chi connectivity index (χ4v) is 5.53. The first kappa shape index (κ1) is 34.4. The zero-order valence-corrected chi connectivity index (χ0v) is 26.6. The van der Waals surface area contributed by atoms with E-state index in [1.807, 2.05) is 31.2 Å². The highest BCUT2D eigenvalue weighted by Gasteiger charge is 2.61. The maximum atomic E-state index is 12.6. The van der Waals surface area contributed by atoms with Crippen molar-refractivity contribution in [3.05, 3.63) is 64.2 Å². The summed E-state index contributed by atoms with van der Waals surface area (Å²) in [7, 11) is 0. The van der Waals surface area contributed by atoms with E-state index in [2.05, 4.69) is 6.07 Å². The zero-order chi connectivity index (χ0) is 33.6. The molecule has 0 aromatic heterocycles. The largest absolute Gasteiger partial charge is 0.490 e. The first-order chi connectivity index (χ1) is 21.8. The molecular weight excluding hydrogens is 598 g/mol. The first-order valence-corrected chi connectivity index (χ1v) is 15.2. The Kier molecular flexibility index (Phi) is 11.0. The predicted octanol–water partition coefficient (Wildman–Crippen LogP) is 3.54. The van der Waals surface area contributed by atoms with Gasteiger partial charge in [-0.1, -0.05) is 31.2 Å². The molecule has 0 spiro atoms. The highest BCUT2D eigenvalue weighted by Crippen LogP contribution is 2.46. The van der Waals surface area contributed by atoms with Crippen LogP contribution in [0.3, 0.4) is 0 Å². The van der Waals surface area contributed by atoms with Gasteiger partial charge in [0.1, 0.15) is 18.5 Å². The third kappa shape index (κ3) is 8.02. The lowest BCUT2D eigenvalue weighted by Crippen LogP contribution is -2.66. The Hall–Kier alpha value is -4.47. The molecule has 2 aliphatic rings. The number of hydrogen-bond acceptors (Lipinski definition) is 12. The van der Waals surface area contributed by atoms with Gasteiger partial charge >= 0.3 is 23.9 Å². The normalized spacial score (nSPS) is 24.1. The van der Waals surface area contributed by atoms with Gasteiger partial charge in [-0.15, -0.1) is 0 Å². The summed E-state index contributed by atoms with van der Waals surface area (Å²) in [4.78, 5) is 48.8. The molecule has 12 heteroatoms. The molecule has 4 rings (SSSR count). The van der Waals surface area contributed by atoms with Crippen molar-refractivity contribution in [3.63, 3.8) is 0 Å². The van der Waals surface area contributed by atoms with E-state index in [0.717, 1.165) is 64.5 Å². The molecule has 1 N–H and O–H groups in total. The molecule has 2 aromatic carbocycles. The lowest BCUT2D eigenvalue weighted by atomic mass is 9.84. The van der Waals surface area contributed by atoms with Crippen LogP contribution >= 0.6 is 0 Å². The summed E-state index contributed by atoms with van der Waals surface area (Å²) in [5.41, 5.74) is 2.80. The number of benzene rings is 2. The second-order valence-corrected chi connectivity index (χ2v) is 11.5. The predicted molar refractivity (Wildman–Crippen MR) is 160 cm³/mol. The Morgan fingerprint density at radius 2 is 1.52 bits per heavy atom. The number of nitriles is 1. The summed E-state index contributed by atoms with van der Waals surface area (Å²) in [6.45, 7) is 5.98. The Morgan fingerprint density at radius 1 is 0.913 bits per heavy atom. The fraction of sp³-hybridized carbons (Fsp3) is 0.500. The third-order valence-corrected chi connectivity index (χ3v) is 7.94. The number of aliphatic hydroxyl groups is 1. The van der Waals surface area contributed by atoms with E-state index in [-0.39, 0.29) is 29.4 Å². The zero-order valence-electron chi connectivity index (χ0n) is 26.6. The molecule has 1 heterocycles. The van der Waals surface area contributed by atoms with Crippen LogP contribution in [0.5, 0.6) is 5.75 Å². The van der Waals surface area contributed by atoms with Crippen molar-refractivity contribution in [2.75, 3.05) is 6.61 Å². The van der Waals surface area contributed by atoms with E-state index in [1.54, 1.807) is 0 Å². The summed E-state index contributed by atoms with van der Waals surface area (Å²) in [6.07, 6.45) is -2.93. The van der Waals surface area contributed by atoms with Crippen LogP contribution in [-0.2, 0) is 61.5 Å².